The van der Waals surface area contributed by atoms with Crippen molar-refractivity contribution in [1.82, 2.24) is 5.32 Å². The molecule has 0 unspecified atom stereocenters. The first-order chi connectivity index (χ1) is 11.7. The molecule has 3 heteroatoms. The van der Waals surface area contributed by atoms with E-state index in [0.717, 1.165) is 12.0 Å². The molecular weight excluding hydrogens is 298 g/mol. The number of hydrogen-bond donors (Lipinski definition) is 1. The van der Waals surface area contributed by atoms with E-state index in [1.165, 1.54) is 11.1 Å². The molecule has 0 bridgehead atoms. The quantitative estimate of drug-likeness (QED) is 0.716. The summed E-state index contributed by atoms with van der Waals surface area (Å²) in [6.07, 6.45) is 4.59. The van der Waals surface area contributed by atoms with Gasteiger partial charge in [-0.1, -0.05) is 80.6 Å². The van der Waals surface area contributed by atoms with Crippen molar-refractivity contribution in [1.29, 1.82) is 0 Å². The highest BCUT2D eigenvalue weighted by molar-refractivity contribution is 5.67. The van der Waals surface area contributed by atoms with Crippen molar-refractivity contribution in [2.75, 3.05) is 6.54 Å². The van der Waals surface area contributed by atoms with E-state index in [1.54, 1.807) is 0 Å². The molecule has 1 N–H and O–H groups in total. The number of amides is 1. The first-order valence-corrected chi connectivity index (χ1v) is 8.37. The first kappa shape index (κ1) is 17.8. The Labute approximate surface area is 144 Å². The summed E-state index contributed by atoms with van der Waals surface area (Å²) in [5.41, 5.74) is 3.56. The number of alkyl carbamates (subject to hydrolysis) is 1. The Morgan fingerprint density at radius 3 is 2.54 bits per heavy atom. The Kier molecular flexibility index (Phi) is 7.09. The summed E-state index contributed by atoms with van der Waals surface area (Å²) in [6.45, 7) is 5.24. The molecular formula is C21H25NO2. The molecule has 0 atom stereocenters. The van der Waals surface area contributed by atoms with E-state index in [9.17, 15) is 4.79 Å². The minimum atomic E-state index is -0.380. The fraction of sp³-hybridized carbons (Fsp3) is 0.286. The zero-order valence-corrected chi connectivity index (χ0v) is 14.4. The van der Waals surface area contributed by atoms with Crippen molar-refractivity contribution in [2.24, 2.45) is 0 Å². The van der Waals surface area contributed by atoms with Gasteiger partial charge in [0.15, 0.2) is 0 Å². The number of ether oxygens (including phenoxy) is 1. The monoisotopic (exact) mass is 323 g/mol. The molecule has 24 heavy (non-hydrogen) atoms. The molecule has 2 aromatic rings. The minimum absolute atomic E-state index is 0.296. The van der Waals surface area contributed by atoms with Gasteiger partial charge in [-0.25, -0.2) is 4.79 Å². The standard InChI is InChI=1S/C21H25NO2/c1-17(2)20-14-7-6-12-19(20)13-8-9-15-22-21(23)24-16-18-10-4-3-5-11-18/h3-8,10-14,17H,9,15-16H2,1-2H3,(H,22,23). The Hall–Kier alpha value is -2.55. The molecule has 0 aliphatic carbocycles. The second-order valence-corrected chi connectivity index (χ2v) is 5.96. The van der Waals surface area contributed by atoms with Crippen LogP contribution in [0.15, 0.2) is 60.7 Å². The Morgan fingerprint density at radius 1 is 1.08 bits per heavy atom. The topological polar surface area (TPSA) is 38.3 Å². The first-order valence-electron chi connectivity index (χ1n) is 8.37. The van der Waals surface area contributed by atoms with E-state index < -0.39 is 0 Å². The van der Waals surface area contributed by atoms with Gasteiger partial charge in [-0.05, 0) is 29.0 Å². The summed E-state index contributed by atoms with van der Waals surface area (Å²) in [4.78, 5) is 11.6. The normalized spacial score (nSPS) is 11.0. The van der Waals surface area contributed by atoms with Gasteiger partial charge >= 0.3 is 6.09 Å². The highest BCUT2D eigenvalue weighted by Gasteiger charge is 2.03. The lowest BCUT2D eigenvalue weighted by Crippen LogP contribution is -2.24. The highest BCUT2D eigenvalue weighted by atomic mass is 16.5. The molecule has 0 aliphatic heterocycles. The smallest absolute Gasteiger partial charge is 0.407 e. The Balaban J connectivity index is 1.70. The fourth-order valence-corrected chi connectivity index (χ4v) is 2.43. The summed E-state index contributed by atoms with van der Waals surface area (Å²) in [6, 6.07) is 18.0. The van der Waals surface area contributed by atoms with Crippen LogP contribution < -0.4 is 5.32 Å². The predicted molar refractivity (Wildman–Crippen MR) is 98.8 cm³/mol. The molecule has 0 saturated heterocycles. The minimum Gasteiger partial charge on any atom is -0.445 e. The van der Waals surface area contributed by atoms with E-state index in [1.807, 2.05) is 36.4 Å². The highest BCUT2D eigenvalue weighted by Crippen LogP contribution is 2.20. The lowest BCUT2D eigenvalue weighted by atomic mass is 9.97. The van der Waals surface area contributed by atoms with Crippen molar-refractivity contribution in [2.45, 2.75) is 32.8 Å². The predicted octanol–water partition coefficient (Wildman–Crippen LogP) is 5.14. The van der Waals surface area contributed by atoms with Gasteiger partial charge in [0.05, 0.1) is 0 Å². The lowest BCUT2D eigenvalue weighted by molar-refractivity contribution is 0.140. The van der Waals surface area contributed by atoms with Crippen molar-refractivity contribution >= 4 is 12.2 Å². The van der Waals surface area contributed by atoms with Gasteiger partial charge in [0.2, 0.25) is 0 Å². The summed E-state index contributed by atoms with van der Waals surface area (Å²) >= 11 is 0. The number of benzene rings is 2. The summed E-state index contributed by atoms with van der Waals surface area (Å²) in [5, 5.41) is 2.76. The van der Waals surface area contributed by atoms with Crippen LogP contribution >= 0.6 is 0 Å². The van der Waals surface area contributed by atoms with E-state index >= 15 is 0 Å². The molecule has 2 aromatic carbocycles. The molecule has 0 aliphatic rings. The van der Waals surface area contributed by atoms with Crippen LogP contribution in [0.4, 0.5) is 4.79 Å². The number of hydrogen-bond acceptors (Lipinski definition) is 2. The van der Waals surface area contributed by atoms with Crippen LogP contribution in [0, 0.1) is 0 Å². The maximum atomic E-state index is 11.6. The van der Waals surface area contributed by atoms with E-state index in [0.29, 0.717) is 19.1 Å². The van der Waals surface area contributed by atoms with Crippen LogP contribution in [0.25, 0.3) is 6.08 Å². The molecule has 0 spiro atoms. The van der Waals surface area contributed by atoms with Crippen LogP contribution in [-0.4, -0.2) is 12.6 Å². The van der Waals surface area contributed by atoms with Crippen LogP contribution in [-0.2, 0) is 11.3 Å². The molecule has 0 saturated carbocycles. The second-order valence-electron chi connectivity index (χ2n) is 5.96. The van der Waals surface area contributed by atoms with Gasteiger partial charge in [0.25, 0.3) is 0 Å². The van der Waals surface area contributed by atoms with Gasteiger partial charge in [0, 0.05) is 6.54 Å². The Bertz CT molecular complexity index is 663. The molecule has 0 fully saturated rings. The Morgan fingerprint density at radius 2 is 1.79 bits per heavy atom. The number of carbonyl (C=O) groups is 1. The van der Waals surface area contributed by atoms with Gasteiger partial charge < -0.3 is 10.1 Å². The second kappa shape index (κ2) is 9.56. The van der Waals surface area contributed by atoms with Crippen molar-refractivity contribution in [3.8, 4) is 0 Å². The summed E-state index contributed by atoms with van der Waals surface area (Å²) in [7, 11) is 0. The molecule has 126 valence electrons. The lowest BCUT2D eigenvalue weighted by Gasteiger charge is -2.09. The largest absolute Gasteiger partial charge is 0.445 e. The van der Waals surface area contributed by atoms with E-state index in [4.69, 9.17) is 4.74 Å². The fourth-order valence-electron chi connectivity index (χ4n) is 2.43. The number of carbonyl (C=O) groups excluding carboxylic acids is 1. The van der Waals surface area contributed by atoms with Crippen LogP contribution in [0.3, 0.4) is 0 Å². The molecule has 0 radical (unpaired) electrons. The summed E-state index contributed by atoms with van der Waals surface area (Å²) in [5.74, 6) is 0.497. The van der Waals surface area contributed by atoms with Gasteiger partial charge in [-0.2, -0.15) is 0 Å². The van der Waals surface area contributed by atoms with Crippen molar-refractivity contribution in [3.05, 3.63) is 77.4 Å². The third kappa shape index (κ3) is 5.92. The SMILES string of the molecule is CC(C)c1ccccc1C=CCCNC(=O)OCc1ccccc1. The average molecular weight is 323 g/mol. The van der Waals surface area contributed by atoms with Gasteiger partial charge in [-0.3, -0.25) is 0 Å². The van der Waals surface area contributed by atoms with Crippen LogP contribution in [0.5, 0.6) is 0 Å². The van der Waals surface area contributed by atoms with Crippen LogP contribution in [0.2, 0.25) is 0 Å². The third-order valence-electron chi connectivity index (χ3n) is 3.71. The number of nitrogens with one attached hydrogen (secondary N) is 1. The maximum Gasteiger partial charge on any atom is 0.407 e. The zero-order valence-electron chi connectivity index (χ0n) is 14.4. The van der Waals surface area contributed by atoms with Crippen LogP contribution in [0.1, 0.15) is 42.9 Å². The van der Waals surface area contributed by atoms with Crippen molar-refractivity contribution in [3.63, 3.8) is 0 Å². The molecule has 3 nitrogen and oxygen atoms in total. The van der Waals surface area contributed by atoms with Gasteiger partial charge in [0.1, 0.15) is 6.61 Å². The average Bonchev–Trinajstić information content (AvgIpc) is 2.61. The number of rotatable bonds is 7. The van der Waals surface area contributed by atoms with Gasteiger partial charge in [-0.15, -0.1) is 0 Å². The molecule has 1 amide bonds. The summed E-state index contributed by atoms with van der Waals surface area (Å²) < 4.78 is 5.17. The van der Waals surface area contributed by atoms with Crippen molar-refractivity contribution < 1.29 is 9.53 Å². The molecule has 0 aromatic heterocycles. The maximum absolute atomic E-state index is 11.6. The van der Waals surface area contributed by atoms with E-state index in [2.05, 4.69) is 49.5 Å². The zero-order chi connectivity index (χ0) is 17.2. The molecule has 0 heterocycles. The molecule has 2 rings (SSSR count). The third-order valence-corrected chi connectivity index (χ3v) is 3.71. The van der Waals surface area contributed by atoms with E-state index in [-0.39, 0.29) is 6.09 Å².